The van der Waals surface area contributed by atoms with Gasteiger partial charge in [0.25, 0.3) is 0 Å². The van der Waals surface area contributed by atoms with Crippen molar-refractivity contribution in [3.8, 4) is 0 Å². The molecule has 0 rings (SSSR count). The summed E-state index contributed by atoms with van der Waals surface area (Å²) in [4.78, 5) is 10.6. The van der Waals surface area contributed by atoms with Crippen LogP contribution < -0.4 is 5.32 Å². The predicted octanol–water partition coefficient (Wildman–Crippen LogP) is -0.0900. The average molecular weight is 175 g/mol. The Hall–Kier alpha value is -0.610. The van der Waals surface area contributed by atoms with Gasteiger partial charge >= 0.3 is 5.97 Å². The topological polar surface area (TPSA) is 58.6 Å². The molecule has 0 bridgehead atoms. The van der Waals surface area contributed by atoms with E-state index in [9.17, 15) is 9.90 Å². The van der Waals surface area contributed by atoms with Crippen LogP contribution in [0, 0.1) is 0 Å². The van der Waals surface area contributed by atoms with Gasteiger partial charge in [0.2, 0.25) is 0 Å². The molecule has 0 aliphatic carbocycles. The highest BCUT2D eigenvalue weighted by Gasteiger charge is 2.16. The minimum absolute atomic E-state index is 0.145. The van der Waals surface area contributed by atoms with Gasteiger partial charge in [0.05, 0.1) is 19.3 Å². The average Bonchev–Trinajstić information content (AvgIpc) is 2.04. The van der Waals surface area contributed by atoms with E-state index in [0.717, 1.165) is 0 Å². The van der Waals surface area contributed by atoms with E-state index in [0.29, 0.717) is 13.0 Å². The maximum Gasteiger partial charge on any atom is 0.319 e. The zero-order chi connectivity index (χ0) is 9.61. The summed E-state index contributed by atoms with van der Waals surface area (Å²) in [7, 11) is 1.34. The van der Waals surface area contributed by atoms with Crippen molar-refractivity contribution in [1.82, 2.24) is 5.32 Å². The zero-order valence-electron chi connectivity index (χ0n) is 7.89. The summed E-state index contributed by atoms with van der Waals surface area (Å²) in [5.41, 5.74) is -0.742. The number of rotatable bonds is 5. The lowest BCUT2D eigenvalue weighted by Gasteiger charge is -2.21. The Kier molecular flexibility index (Phi) is 4.85. The van der Waals surface area contributed by atoms with Crippen LogP contribution in [0.15, 0.2) is 0 Å². The van der Waals surface area contributed by atoms with E-state index >= 15 is 0 Å². The molecule has 0 saturated heterocycles. The number of hydrogen-bond acceptors (Lipinski definition) is 4. The third-order valence-electron chi connectivity index (χ3n) is 1.76. The molecule has 0 amide bonds. The predicted molar refractivity (Wildman–Crippen MR) is 45.8 cm³/mol. The summed E-state index contributed by atoms with van der Waals surface area (Å²) in [6, 6.07) is 0. The first kappa shape index (κ1) is 11.4. The molecule has 0 saturated carbocycles. The van der Waals surface area contributed by atoms with Crippen LogP contribution in [-0.4, -0.2) is 36.9 Å². The smallest absolute Gasteiger partial charge is 0.319 e. The summed E-state index contributed by atoms with van der Waals surface area (Å²) in [6.07, 6.45) is 0.654. The lowest BCUT2D eigenvalue weighted by Crippen LogP contribution is -2.39. The van der Waals surface area contributed by atoms with Gasteiger partial charge in [-0.25, -0.2) is 0 Å². The molecule has 0 aliphatic heterocycles. The standard InChI is InChI=1S/C8H17NO3/c1-4-8(2,11)6-9-5-7(10)12-3/h9,11H,4-6H2,1-3H3. The second-order valence-corrected chi connectivity index (χ2v) is 3.03. The largest absolute Gasteiger partial charge is 0.468 e. The van der Waals surface area contributed by atoms with E-state index in [4.69, 9.17) is 0 Å². The van der Waals surface area contributed by atoms with Crippen LogP contribution in [0.1, 0.15) is 20.3 Å². The van der Waals surface area contributed by atoms with Gasteiger partial charge in [0, 0.05) is 6.54 Å². The molecule has 1 unspecified atom stereocenters. The van der Waals surface area contributed by atoms with Gasteiger partial charge in [-0.05, 0) is 13.3 Å². The van der Waals surface area contributed by atoms with Crippen molar-refractivity contribution in [3.05, 3.63) is 0 Å². The number of carbonyl (C=O) groups excluding carboxylic acids is 1. The summed E-state index contributed by atoms with van der Waals surface area (Å²) < 4.78 is 4.42. The number of aliphatic hydroxyl groups is 1. The molecule has 12 heavy (non-hydrogen) atoms. The molecule has 72 valence electrons. The minimum Gasteiger partial charge on any atom is -0.468 e. The molecule has 0 aromatic carbocycles. The lowest BCUT2D eigenvalue weighted by molar-refractivity contribution is -0.139. The Morgan fingerprint density at radius 3 is 2.67 bits per heavy atom. The quantitative estimate of drug-likeness (QED) is 0.573. The Morgan fingerprint density at radius 1 is 1.67 bits per heavy atom. The number of methoxy groups -OCH3 is 1. The molecule has 2 N–H and O–H groups in total. The van der Waals surface area contributed by atoms with Gasteiger partial charge in [-0.15, -0.1) is 0 Å². The number of esters is 1. The number of ether oxygens (including phenoxy) is 1. The molecular weight excluding hydrogens is 158 g/mol. The van der Waals surface area contributed by atoms with Crippen molar-refractivity contribution in [2.75, 3.05) is 20.2 Å². The molecule has 4 nitrogen and oxygen atoms in total. The van der Waals surface area contributed by atoms with Crippen LogP contribution in [0.2, 0.25) is 0 Å². The number of nitrogens with one attached hydrogen (secondary N) is 1. The summed E-state index contributed by atoms with van der Waals surface area (Å²) in [6.45, 7) is 4.16. The summed E-state index contributed by atoms with van der Waals surface area (Å²) in [5, 5.41) is 12.3. The Bertz CT molecular complexity index is 145. The highest BCUT2D eigenvalue weighted by Crippen LogP contribution is 2.05. The van der Waals surface area contributed by atoms with Gasteiger partial charge in [0.1, 0.15) is 0 Å². The van der Waals surface area contributed by atoms with Crippen LogP contribution in [0.25, 0.3) is 0 Å². The molecule has 0 aromatic heterocycles. The zero-order valence-corrected chi connectivity index (χ0v) is 7.89. The van der Waals surface area contributed by atoms with E-state index in [1.165, 1.54) is 7.11 Å². The van der Waals surface area contributed by atoms with Gasteiger partial charge in [-0.3, -0.25) is 4.79 Å². The van der Waals surface area contributed by atoms with Crippen LogP contribution in [-0.2, 0) is 9.53 Å². The molecule has 1 atom stereocenters. The summed E-state index contributed by atoms with van der Waals surface area (Å²) in [5.74, 6) is -0.318. The molecule has 0 fully saturated rings. The fraction of sp³-hybridized carbons (Fsp3) is 0.875. The van der Waals surface area contributed by atoms with Crippen molar-refractivity contribution in [1.29, 1.82) is 0 Å². The monoisotopic (exact) mass is 175 g/mol. The van der Waals surface area contributed by atoms with E-state index in [1.807, 2.05) is 6.92 Å². The van der Waals surface area contributed by atoms with Crippen molar-refractivity contribution in [2.45, 2.75) is 25.9 Å². The number of carbonyl (C=O) groups is 1. The van der Waals surface area contributed by atoms with E-state index in [2.05, 4.69) is 10.1 Å². The van der Waals surface area contributed by atoms with E-state index in [-0.39, 0.29) is 12.5 Å². The molecule has 0 aromatic rings. The lowest BCUT2D eigenvalue weighted by atomic mass is 10.0. The first-order chi connectivity index (χ1) is 5.52. The highest BCUT2D eigenvalue weighted by molar-refractivity contribution is 5.71. The molecule has 0 spiro atoms. The molecule has 4 heteroatoms. The summed E-state index contributed by atoms with van der Waals surface area (Å²) >= 11 is 0. The first-order valence-electron chi connectivity index (χ1n) is 4.01. The van der Waals surface area contributed by atoms with E-state index < -0.39 is 5.60 Å². The fourth-order valence-corrected chi connectivity index (χ4v) is 0.631. The molecule has 0 radical (unpaired) electrons. The minimum atomic E-state index is -0.742. The van der Waals surface area contributed by atoms with Gasteiger partial charge in [-0.1, -0.05) is 6.92 Å². The van der Waals surface area contributed by atoms with Crippen LogP contribution in [0.4, 0.5) is 0 Å². The first-order valence-corrected chi connectivity index (χ1v) is 4.01. The maximum atomic E-state index is 10.6. The third-order valence-corrected chi connectivity index (χ3v) is 1.76. The van der Waals surface area contributed by atoms with Crippen molar-refractivity contribution in [3.63, 3.8) is 0 Å². The van der Waals surface area contributed by atoms with Gasteiger partial charge in [0.15, 0.2) is 0 Å². The van der Waals surface area contributed by atoms with Crippen LogP contribution in [0.5, 0.6) is 0 Å². The van der Waals surface area contributed by atoms with Crippen molar-refractivity contribution < 1.29 is 14.6 Å². The van der Waals surface area contributed by atoms with Gasteiger partial charge < -0.3 is 15.2 Å². The Morgan fingerprint density at radius 2 is 2.25 bits per heavy atom. The van der Waals surface area contributed by atoms with E-state index in [1.54, 1.807) is 6.92 Å². The second kappa shape index (κ2) is 5.11. The third kappa shape index (κ3) is 5.09. The molecule has 0 heterocycles. The molecular formula is C8H17NO3. The Balaban J connectivity index is 3.49. The van der Waals surface area contributed by atoms with Crippen LogP contribution in [0.3, 0.4) is 0 Å². The molecule has 0 aliphatic rings. The van der Waals surface area contributed by atoms with Crippen molar-refractivity contribution >= 4 is 5.97 Å². The number of hydrogen-bond donors (Lipinski definition) is 2. The highest BCUT2D eigenvalue weighted by atomic mass is 16.5. The Labute approximate surface area is 72.9 Å². The fourth-order valence-electron chi connectivity index (χ4n) is 0.631. The SMILES string of the molecule is CCC(C)(O)CNCC(=O)OC. The normalized spacial score (nSPS) is 15.3. The van der Waals surface area contributed by atoms with Gasteiger partial charge in [-0.2, -0.15) is 0 Å². The maximum absolute atomic E-state index is 10.6. The van der Waals surface area contributed by atoms with Crippen LogP contribution >= 0.6 is 0 Å². The second-order valence-electron chi connectivity index (χ2n) is 3.03. The van der Waals surface area contributed by atoms with Crippen molar-refractivity contribution in [2.24, 2.45) is 0 Å².